The number of nitrogens with one attached hydrogen (secondary N) is 1. The van der Waals surface area contributed by atoms with Gasteiger partial charge in [0.05, 0.1) is 6.26 Å². The number of rotatable bonds is 6. The lowest BCUT2D eigenvalue weighted by Gasteiger charge is -2.25. The van der Waals surface area contributed by atoms with Crippen molar-refractivity contribution in [2.24, 2.45) is 0 Å². The largest absolute Gasteiger partial charge is 0.466 e. The molecule has 7 nitrogen and oxygen atoms in total. The van der Waals surface area contributed by atoms with Crippen LogP contribution in [0.2, 0.25) is 0 Å². The summed E-state index contributed by atoms with van der Waals surface area (Å²) in [4.78, 5) is 38.4. The number of anilines is 1. The quantitative estimate of drug-likeness (QED) is 0.725. The van der Waals surface area contributed by atoms with E-state index in [4.69, 9.17) is 9.15 Å². The van der Waals surface area contributed by atoms with Crippen LogP contribution in [0.25, 0.3) is 0 Å². The second-order valence-electron chi connectivity index (χ2n) is 7.04. The van der Waals surface area contributed by atoms with Crippen molar-refractivity contribution in [2.75, 3.05) is 17.7 Å². The van der Waals surface area contributed by atoms with Crippen LogP contribution in [0.5, 0.6) is 0 Å². The lowest BCUT2D eigenvalue weighted by atomic mass is 10.0. The van der Waals surface area contributed by atoms with E-state index in [1.54, 1.807) is 12.1 Å². The standard InChI is InChI=1S/C21H24N2O5S/c1-13(2)15-7-4-5-8-16(15)22-19(25)11-28-21(26)17-12-29-20(23(17)14(3)24)18-9-6-10-27-18/h4-10,13,17,20H,11-12H2,1-3H3,(H,22,25)/t17-,20+/m0/s1. The molecule has 0 saturated carbocycles. The summed E-state index contributed by atoms with van der Waals surface area (Å²) in [6.45, 7) is 5.06. The topological polar surface area (TPSA) is 88.8 Å². The molecule has 0 spiro atoms. The van der Waals surface area contributed by atoms with E-state index in [2.05, 4.69) is 5.32 Å². The summed E-state index contributed by atoms with van der Waals surface area (Å²) in [5.41, 5.74) is 1.70. The number of para-hydroxylation sites is 1. The zero-order valence-electron chi connectivity index (χ0n) is 16.6. The van der Waals surface area contributed by atoms with Crippen LogP contribution in [-0.2, 0) is 19.1 Å². The SMILES string of the molecule is CC(=O)N1[C@@H](c2ccco2)SC[C@H]1C(=O)OCC(=O)Nc1ccccc1C(C)C. The van der Waals surface area contributed by atoms with Crippen molar-refractivity contribution in [1.29, 1.82) is 0 Å². The first-order valence-electron chi connectivity index (χ1n) is 9.37. The summed E-state index contributed by atoms with van der Waals surface area (Å²) < 4.78 is 10.6. The molecule has 0 radical (unpaired) electrons. The summed E-state index contributed by atoms with van der Waals surface area (Å²) >= 11 is 1.42. The van der Waals surface area contributed by atoms with Crippen LogP contribution >= 0.6 is 11.8 Å². The number of thioether (sulfide) groups is 1. The molecule has 2 atom stereocenters. The Bertz CT molecular complexity index is 881. The summed E-state index contributed by atoms with van der Waals surface area (Å²) in [6, 6.07) is 10.2. The maximum atomic E-state index is 12.6. The molecule has 1 N–H and O–H groups in total. The Morgan fingerprint density at radius 2 is 2.00 bits per heavy atom. The predicted molar refractivity (Wildman–Crippen MR) is 110 cm³/mol. The van der Waals surface area contributed by atoms with Crippen molar-refractivity contribution < 1.29 is 23.5 Å². The first-order chi connectivity index (χ1) is 13.9. The first-order valence-corrected chi connectivity index (χ1v) is 10.4. The molecule has 8 heteroatoms. The molecule has 2 amide bonds. The van der Waals surface area contributed by atoms with Gasteiger partial charge in [-0.3, -0.25) is 9.59 Å². The van der Waals surface area contributed by atoms with Gasteiger partial charge < -0.3 is 19.4 Å². The zero-order chi connectivity index (χ0) is 21.0. The van der Waals surface area contributed by atoms with E-state index >= 15 is 0 Å². The summed E-state index contributed by atoms with van der Waals surface area (Å²) in [6.07, 6.45) is 1.53. The monoisotopic (exact) mass is 416 g/mol. The molecule has 154 valence electrons. The number of hydrogen-bond acceptors (Lipinski definition) is 6. The Labute approximate surface area is 173 Å². The fourth-order valence-corrected chi connectivity index (χ4v) is 4.67. The summed E-state index contributed by atoms with van der Waals surface area (Å²) in [5.74, 6) is -0.0609. The highest BCUT2D eigenvalue weighted by Crippen LogP contribution is 2.41. The van der Waals surface area contributed by atoms with Crippen molar-refractivity contribution in [1.82, 2.24) is 4.90 Å². The highest BCUT2D eigenvalue weighted by molar-refractivity contribution is 7.99. The van der Waals surface area contributed by atoms with Crippen molar-refractivity contribution in [3.8, 4) is 0 Å². The van der Waals surface area contributed by atoms with E-state index in [1.807, 2.05) is 38.1 Å². The van der Waals surface area contributed by atoms with Crippen LogP contribution in [0.3, 0.4) is 0 Å². The van der Waals surface area contributed by atoms with E-state index < -0.39 is 24.5 Å². The van der Waals surface area contributed by atoms with Gasteiger partial charge in [-0.2, -0.15) is 0 Å². The number of amides is 2. The van der Waals surface area contributed by atoms with Crippen LogP contribution in [0.1, 0.15) is 43.4 Å². The zero-order valence-corrected chi connectivity index (χ0v) is 17.4. The molecule has 0 unspecified atom stereocenters. The molecule has 3 rings (SSSR count). The molecule has 1 fully saturated rings. The maximum absolute atomic E-state index is 12.6. The van der Waals surface area contributed by atoms with Crippen molar-refractivity contribution in [2.45, 2.75) is 38.1 Å². The van der Waals surface area contributed by atoms with E-state index in [1.165, 1.54) is 29.8 Å². The van der Waals surface area contributed by atoms with Gasteiger partial charge in [0, 0.05) is 18.4 Å². The molecule has 1 saturated heterocycles. The average molecular weight is 416 g/mol. The Morgan fingerprint density at radius 3 is 2.66 bits per heavy atom. The Morgan fingerprint density at radius 1 is 1.24 bits per heavy atom. The van der Waals surface area contributed by atoms with Crippen LogP contribution in [0.15, 0.2) is 47.1 Å². The van der Waals surface area contributed by atoms with Crippen molar-refractivity contribution >= 4 is 35.2 Å². The van der Waals surface area contributed by atoms with E-state index in [0.717, 1.165) is 5.56 Å². The third-order valence-corrected chi connectivity index (χ3v) is 5.91. The molecular weight excluding hydrogens is 392 g/mol. The number of hydrogen-bond donors (Lipinski definition) is 1. The predicted octanol–water partition coefficient (Wildman–Crippen LogP) is 3.55. The molecule has 1 aromatic heterocycles. The minimum Gasteiger partial charge on any atom is -0.466 e. The number of furan rings is 1. The van der Waals surface area contributed by atoms with E-state index in [9.17, 15) is 14.4 Å². The van der Waals surface area contributed by atoms with Crippen molar-refractivity contribution in [3.63, 3.8) is 0 Å². The maximum Gasteiger partial charge on any atom is 0.330 e. The molecule has 1 aromatic carbocycles. The second kappa shape index (κ2) is 9.17. The molecule has 29 heavy (non-hydrogen) atoms. The number of ether oxygens (including phenoxy) is 1. The van der Waals surface area contributed by atoms with Gasteiger partial charge in [-0.05, 0) is 29.7 Å². The molecule has 0 aliphatic carbocycles. The first kappa shape index (κ1) is 21.0. The lowest BCUT2D eigenvalue weighted by Crippen LogP contribution is -2.43. The van der Waals surface area contributed by atoms with Crippen LogP contribution in [0, 0.1) is 0 Å². The summed E-state index contributed by atoms with van der Waals surface area (Å²) in [5, 5.41) is 2.40. The molecule has 1 aliphatic heterocycles. The molecule has 2 aromatic rings. The van der Waals surface area contributed by atoms with E-state index in [-0.39, 0.29) is 17.2 Å². The number of carbonyl (C=O) groups excluding carboxylic acids is 3. The van der Waals surface area contributed by atoms with Gasteiger partial charge >= 0.3 is 5.97 Å². The number of esters is 1. The summed E-state index contributed by atoms with van der Waals surface area (Å²) in [7, 11) is 0. The molecule has 0 bridgehead atoms. The molecule has 1 aliphatic rings. The van der Waals surface area contributed by atoms with Crippen molar-refractivity contribution in [3.05, 3.63) is 54.0 Å². The fraction of sp³-hybridized carbons (Fsp3) is 0.381. The highest BCUT2D eigenvalue weighted by Gasteiger charge is 2.43. The smallest absolute Gasteiger partial charge is 0.330 e. The van der Waals surface area contributed by atoms with E-state index in [0.29, 0.717) is 17.2 Å². The third-order valence-electron chi connectivity index (χ3n) is 4.63. The van der Waals surface area contributed by atoms with Gasteiger partial charge in [0.25, 0.3) is 5.91 Å². The van der Waals surface area contributed by atoms with Gasteiger partial charge in [0.1, 0.15) is 17.2 Å². The highest BCUT2D eigenvalue weighted by atomic mass is 32.2. The van der Waals surface area contributed by atoms with Crippen LogP contribution < -0.4 is 5.32 Å². The Balaban J connectivity index is 1.60. The Hall–Kier alpha value is -2.74. The molecule has 2 heterocycles. The minimum atomic E-state index is -0.761. The number of nitrogens with zero attached hydrogens (tertiary/aromatic N) is 1. The minimum absolute atomic E-state index is 0.243. The number of carbonyl (C=O) groups is 3. The lowest BCUT2D eigenvalue weighted by molar-refractivity contribution is -0.155. The normalized spacial score (nSPS) is 18.7. The van der Waals surface area contributed by atoms with Gasteiger partial charge in [-0.1, -0.05) is 32.0 Å². The van der Waals surface area contributed by atoms with Gasteiger partial charge in [0.15, 0.2) is 6.61 Å². The third kappa shape index (κ3) is 4.82. The second-order valence-corrected chi connectivity index (χ2v) is 8.15. The van der Waals surface area contributed by atoms with Crippen LogP contribution in [0.4, 0.5) is 5.69 Å². The molecular formula is C21H24N2O5S. The number of benzene rings is 1. The Kier molecular flexibility index (Phi) is 6.64. The van der Waals surface area contributed by atoms with Gasteiger partial charge in [0.2, 0.25) is 5.91 Å². The van der Waals surface area contributed by atoms with Gasteiger partial charge in [-0.15, -0.1) is 11.8 Å². The van der Waals surface area contributed by atoms with Crippen LogP contribution in [-0.4, -0.2) is 41.1 Å². The fourth-order valence-electron chi connectivity index (χ4n) is 3.26. The van der Waals surface area contributed by atoms with Gasteiger partial charge in [-0.25, -0.2) is 4.79 Å². The average Bonchev–Trinajstić information content (AvgIpc) is 3.35.